The van der Waals surface area contributed by atoms with Gasteiger partial charge in [-0.15, -0.1) is 11.3 Å². The number of aromatic nitrogens is 2. The van der Waals surface area contributed by atoms with Crippen LogP contribution < -0.4 is 5.56 Å². The molecule has 5 nitrogen and oxygen atoms in total. The number of hydrogen-bond donors (Lipinski definition) is 0. The van der Waals surface area contributed by atoms with Crippen molar-refractivity contribution in [3.05, 3.63) is 51.9 Å². The molecule has 0 radical (unpaired) electrons. The maximum Gasteiger partial charge on any atom is 0.328 e. The lowest BCUT2D eigenvalue weighted by molar-refractivity contribution is -0.146. The van der Waals surface area contributed by atoms with Gasteiger partial charge in [-0.3, -0.25) is 9.36 Å². The third kappa shape index (κ3) is 2.85. The van der Waals surface area contributed by atoms with Gasteiger partial charge in [-0.05, 0) is 26.3 Å². The maximum atomic E-state index is 12.9. The van der Waals surface area contributed by atoms with Crippen LogP contribution in [0.4, 0.5) is 0 Å². The summed E-state index contributed by atoms with van der Waals surface area (Å²) in [5.74, 6) is -0.437. The number of rotatable bonds is 4. The molecule has 0 unspecified atom stereocenters. The first-order chi connectivity index (χ1) is 11.5. The Bertz CT molecular complexity index is 941. The van der Waals surface area contributed by atoms with Crippen molar-refractivity contribution in [3.63, 3.8) is 0 Å². The van der Waals surface area contributed by atoms with Crippen LogP contribution in [0.2, 0.25) is 0 Å². The van der Waals surface area contributed by atoms with Crippen LogP contribution in [0.5, 0.6) is 0 Å². The molecule has 0 aliphatic rings. The molecule has 0 saturated carbocycles. The van der Waals surface area contributed by atoms with Crippen LogP contribution in [0.1, 0.15) is 25.5 Å². The fraction of sp³-hybridized carbons (Fsp3) is 0.278. The quantitative estimate of drug-likeness (QED) is 0.680. The largest absolute Gasteiger partial charge is 0.464 e. The van der Waals surface area contributed by atoms with Crippen LogP contribution in [0.15, 0.2) is 40.8 Å². The lowest BCUT2D eigenvalue weighted by Gasteiger charge is -2.13. The Balaban J connectivity index is 2.14. The smallest absolute Gasteiger partial charge is 0.328 e. The van der Waals surface area contributed by atoms with E-state index in [9.17, 15) is 9.59 Å². The third-order valence-corrected chi connectivity index (χ3v) is 4.81. The number of carbonyl (C=O) groups excluding carboxylic acids is 1. The number of fused-ring (bicyclic) bond motifs is 1. The average molecular weight is 342 g/mol. The summed E-state index contributed by atoms with van der Waals surface area (Å²) in [6.45, 7) is 5.68. The first-order valence-electron chi connectivity index (χ1n) is 7.75. The summed E-state index contributed by atoms with van der Waals surface area (Å²) < 4.78 is 6.35. The summed E-state index contributed by atoms with van der Waals surface area (Å²) in [5.41, 5.74) is 2.74. The zero-order valence-electron chi connectivity index (χ0n) is 13.8. The van der Waals surface area contributed by atoms with Gasteiger partial charge in [0.1, 0.15) is 10.9 Å². The zero-order valence-corrected chi connectivity index (χ0v) is 14.6. The van der Waals surface area contributed by atoms with E-state index >= 15 is 0 Å². The fourth-order valence-corrected chi connectivity index (χ4v) is 3.45. The van der Waals surface area contributed by atoms with Crippen molar-refractivity contribution < 1.29 is 9.53 Å². The zero-order chi connectivity index (χ0) is 17.3. The van der Waals surface area contributed by atoms with Crippen LogP contribution in [0.25, 0.3) is 21.3 Å². The molecule has 6 heteroatoms. The van der Waals surface area contributed by atoms with Gasteiger partial charge in [0.25, 0.3) is 5.56 Å². The second-order valence-corrected chi connectivity index (χ2v) is 6.44. The van der Waals surface area contributed by atoms with E-state index < -0.39 is 12.0 Å². The minimum atomic E-state index is -0.708. The van der Waals surface area contributed by atoms with E-state index in [1.807, 2.05) is 36.6 Å². The molecule has 0 saturated heterocycles. The minimum absolute atomic E-state index is 0.225. The van der Waals surface area contributed by atoms with Gasteiger partial charge in [-0.1, -0.05) is 29.8 Å². The molecule has 0 amide bonds. The molecule has 3 aromatic rings. The van der Waals surface area contributed by atoms with Crippen molar-refractivity contribution in [1.29, 1.82) is 0 Å². The van der Waals surface area contributed by atoms with Gasteiger partial charge in [-0.25, -0.2) is 9.78 Å². The summed E-state index contributed by atoms with van der Waals surface area (Å²) in [7, 11) is 0. The molecule has 2 heterocycles. The average Bonchev–Trinajstić information content (AvgIpc) is 3.00. The number of thiophene rings is 1. The van der Waals surface area contributed by atoms with E-state index in [4.69, 9.17) is 4.74 Å². The van der Waals surface area contributed by atoms with Gasteiger partial charge in [0.15, 0.2) is 0 Å². The van der Waals surface area contributed by atoms with Crippen molar-refractivity contribution in [2.24, 2.45) is 0 Å². The first-order valence-corrected chi connectivity index (χ1v) is 8.63. The van der Waals surface area contributed by atoms with E-state index in [0.717, 1.165) is 16.7 Å². The highest BCUT2D eigenvalue weighted by atomic mass is 32.1. The molecule has 1 atom stereocenters. The highest BCUT2D eigenvalue weighted by molar-refractivity contribution is 7.17. The SMILES string of the molecule is CCOC(=O)[C@H](C)n1cnc2scc(-c3ccc(C)cc3)c2c1=O. The first kappa shape index (κ1) is 16.4. The van der Waals surface area contributed by atoms with Crippen molar-refractivity contribution >= 4 is 27.5 Å². The van der Waals surface area contributed by atoms with Crippen LogP contribution >= 0.6 is 11.3 Å². The second kappa shape index (κ2) is 6.57. The lowest BCUT2D eigenvalue weighted by Crippen LogP contribution is -2.29. The number of hydrogen-bond acceptors (Lipinski definition) is 5. The van der Waals surface area contributed by atoms with E-state index in [-0.39, 0.29) is 12.2 Å². The molecule has 124 valence electrons. The van der Waals surface area contributed by atoms with Gasteiger partial charge in [0, 0.05) is 10.9 Å². The Morgan fingerprint density at radius 3 is 2.71 bits per heavy atom. The molecule has 0 aliphatic carbocycles. The van der Waals surface area contributed by atoms with Gasteiger partial charge >= 0.3 is 5.97 Å². The van der Waals surface area contributed by atoms with Gasteiger partial charge in [0.05, 0.1) is 18.3 Å². The molecule has 3 rings (SSSR count). The number of nitrogens with zero attached hydrogens (tertiary/aromatic N) is 2. The topological polar surface area (TPSA) is 61.2 Å². The van der Waals surface area contributed by atoms with Crippen LogP contribution in [-0.2, 0) is 9.53 Å². The van der Waals surface area contributed by atoms with E-state index in [2.05, 4.69) is 4.98 Å². The highest BCUT2D eigenvalue weighted by Crippen LogP contribution is 2.31. The van der Waals surface area contributed by atoms with Gasteiger partial charge < -0.3 is 4.74 Å². The van der Waals surface area contributed by atoms with Gasteiger partial charge in [0.2, 0.25) is 0 Å². The molecule has 2 aromatic heterocycles. The Labute approximate surface area is 143 Å². The van der Waals surface area contributed by atoms with Crippen molar-refractivity contribution in [2.75, 3.05) is 6.61 Å². The van der Waals surface area contributed by atoms with Crippen molar-refractivity contribution in [2.45, 2.75) is 26.8 Å². The number of ether oxygens (including phenoxy) is 1. The van der Waals surface area contributed by atoms with Crippen molar-refractivity contribution in [1.82, 2.24) is 9.55 Å². The molecule has 0 N–H and O–H groups in total. The monoisotopic (exact) mass is 342 g/mol. The van der Waals surface area contributed by atoms with E-state index in [1.54, 1.807) is 13.8 Å². The fourth-order valence-electron chi connectivity index (χ4n) is 2.54. The van der Waals surface area contributed by atoms with Crippen LogP contribution in [-0.4, -0.2) is 22.1 Å². The minimum Gasteiger partial charge on any atom is -0.464 e. The Morgan fingerprint density at radius 2 is 2.04 bits per heavy atom. The summed E-state index contributed by atoms with van der Waals surface area (Å²) >= 11 is 1.43. The Hall–Kier alpha value is -2.47. The molecule has 1 aromatic carbocycles. The molecule has 0 fully saturated rings. The predicted molar refractivity (Wildman–Crippen MR) is 95.4 cm³/mol. The summed E-state index contributed by atoms with van der Waals surface area (Å²) in [5, 5.41) is 2.48. The molecule has 24 heavy (non-hydrogen) atoms. The maximum absolute atomic E-state index is 12.9. The summed E-state index contributed by atoms with van der Waals surface area (Å²) in [6, 6.07) is 7.29. The molecular formula is C18H18N2O3S. The highest BCUT2D eigenvalue weighted by Gasteiger charge is 2.20. The van der Waals surface area contributed by atoms with Crippen LogP contribution in [0, 0.1) is 6.92 Å². The normalized spacial score (nSPS) is 12.3. The Morgan fingerprint density at radius 1 is 1.33 bits per heavy atom. The number of esters is 1. The standard InChI is InChI=1S/C18H18N2O3S/c1-4-23-18(22)12(3)20-10-19-16-15(17(20)21)14(9-24-16)13-7-5-11(2)6-8-13/h5-10,12H,4H2,1-3H3/t12-/m0/s1. The molecular weight excluding hydrogens is 324 g/mol. The van der Waals surface area contributed by atoms with Crippen LogP contribution in [0.3, 0.4) is 0 Å². The molecule has 0 bridgehead atoms. The molecule has 0 aliphatic heterocycles. The summed E-state index contributed by atoms with van der Waals surface area (Å²) in [6.07, 6.45) is 1.42. The number of aryl methyl sites for hydroxylation is 1. The van der Waals surface area contributed by atoms with E-state index in [1.165, 1.54) is 22.2 Å². The summed E-state index contributed by atoms with van der Waals surface area (Å²) in [4.78, 5) is 29.9. The van der Waals surface area contributed by atoms with E-state index in [0.29, 0.717) is 10.2 Å². The number of carbonyl (C=O) groups is 1. The lowest BCUT2D eigenvalue weighted by atomic mass is 10.1. The van der Waals surface area contributed by atoms with Crippen molar-refractivity contribution in [3.8, 4) is 11.1 Å². The third-order valence-electron chi connectivity index (χ3n) is 3.93. The predicted octanol–water partition coefficient (Wildman–Crippen LogP) is 3.56. The second-order valence-electron chi connectivity index (χ2n) is 5.58. The molecule has 0 spiro atoms. The number of benzene rings is 1. The Kier molecular flexibility index (Phi) is 4.49. The van der Waals surface area contributed by atoms with Gasteiger partial charge in [-0.2, -0.15) is 0 Å².